The maximum Gasteiger partial charge on any atom is 0.232 e. The Kier molecular flexibility index (Phi) is 4.40. The Bertz CT molecular complexity index is 879. The third-order valence-electron chi connectivity index (χ3n) is 4.61. The van der Waals surface area contributed by atoms with Crippen LogP contribution in [0, 0.1) is 6.92 Å². The molecule has 1 aliphatic rings. The molecular weight excluding hydrogens is 336 g/mol. The van der Waals surface area contributed by atoms with Crippen LogP contribution in [0.25, 0.3) is 10.9 Å². The van der Waals surface area contributed by atoms with Crippen LogP contribution in [0.5, 0.6) is 5.88 Å². The highest BCUT2D eigenvalue weighted by Crippen LogP contribution is 2.31. The molecule has 3 aromatic rings. The Morgan fingerprint density at radius 2 is 1.96 bits per heavy atom. The number of aryl methyl sites for hydroxylation is 1. The molecule has 128 valence electrons. The van der Waals surface area contributed by atoms with Crippen LogP contribution in [0.4, 0.5) is 5.69 Å². The fraction of sp³-hybridized carbons (Fsp3) is 0.316. The number of rotatable bonds is 3. The van der Waals surface area contributed by atoms with Gasteiger partial charge >= 0.3 is 0 Å². The van der Waals surface area contributed by atoms with Crippen molar-refractivity contribution in [1.82, 2.24) is 15.0 Å². The van der Waals surface area contributed by atoms with Gasteiger partial charge in [0.05, 0.1) is 11.7 Å². The van der Waals surface area contributed by atoms with Crippen molar-refractivity contribution in [2.45, 2.75) is 25.9 Å². The van der Waals surface area contributed by atoms with Gasteiger partial charge in [0.25, 0.3) is 0 Å². The van der Waals surface area contributed by atoms with Gasteiger partial charge in [0.1, 0.15) is 6.10 Å². The van der Waals surface area contributed by atoms with E-state index in [0.29, 0.717) is 5.88 Å². The molecule has 1 aliphatic heterocycles. The molecule has 3 heterocycles. The van der Waals surface area contributed by atoms with Gasteiger partial charge in [0.15, 0.2) is 0 Å². The number of ether oxygens (including phenoxy) is 1. The highest BCUT2D eigenvalue weighted by atomic mass is 35.5. The van der Waals surface area contributed by atoms with Crippen molar-refractivity contribution in [3.8, 4) is 5.88 Å². The lowest BCUT2D eigenvalue weighted by atomic mass is 10.0. The Balaban J connectivity index is 1.51. The van der Waals surface area contributed by atoms with E-state index in [2.05, 4.69) is 32.0 Å². The minimum atomic E-state index is 0.178. The first-order valence-electron chi connectivity index (χ1n) is 8.43. The summed E-state index contributed by atoms with van der Waals surface area (Å²) in [6.07, 6.45) is 8.90. The van der Waals surface area contributed by atoms with E-state index in [1.54, 1.807) is 18.6 Å². The molecule has 1 saturated heterocycles. The van der Waals surface area contributed by atoms with Crippen LogP contribution in [-0.4, -0.2) is 34.1 Å². The van der Waals surface area contributed by atoms with E-state index in [9.17, 15) is 0 Å². The Labute approximate surface area is 151 Å². The van der Waals surface area contributed by atoms with Crippen molar-refractivity contribution in [2.75, 3.05) is 18.0 Å². The van der Waals surface area contributed by atoms with Gasteiger partial charge < -0.3 is 9.64 Å². The predicted molar refractivity (Wildman–Crippen MR) is 99.4 cm³/mol. The molecule has 25 heavy (non-hydrogen) atoms. The number of fused-ring (bicyclic) bond motifs is 1. The van der Waals surface area contributed by atoms with Crippen LogP contribution in [0.1, 0.15) is 18.4 Å². The monoisotopic (exact) mass is 354 g/mol. The van der Waals surface area contributed by atoms with Gasteiger partial charge in [-0.25, -0.2) is 4.98 Å². The average molecular weight is 355 g/mol. The first-order chi connectivity index (χ1) is 12.2. The van der Waals surface area contributed by atoms with E-state index >= 15 is 0 Å². The number of halogens is 1. The lowest BCUT2D eigenvalue weighted by Crippen LogP contribution is -2.38. The zero-order valence-electron chi connectivity index (χ0n) is 14.0. The van der Waals surface area contributed by atoms with Gasteiger partial charge in [0, 0.05) is 60.6 Å². The quantitative estimate of drug-likeness (QED) is 0.710. The maximum absolute atomic E-state index is 6.24. The summed E-state index contributed by atoms with van der Waals surface area (Å²) in [5.41, 5.74) is 3.22. The van der Waals surface area contributed by atoms with E-state index in [0.717, 1.165) is 47.4 Å². The smallest absolute Gasteiger partial charge is 0.232 e. The van der Waals surface area contributed by atoms with Crippen LogP contribution in [0.2, 0.25) is 5.02 Å². The largest absolute Gasteiger partial charge is 0.473 e. The summed E-state index contributed by atoms with van der Waals surface area (Å²) in [7, 11) is 0. The molecule has 0 spiro atoms. The Hall–Kier alpha value is -2.40. The Morgan fingerprint density at radius 3 is 2.72 bits per heavy atom. The number of hydrogen-bond acceptors (Lipinski definition) is 5. The molecule has 0 bridgehead atoms. The van der Waals surface area contributed by atoms with Crippen LogP contribution in [0.15, 0.2) is 43.0 Å². The van der Waals surface area contributed by atoms with E-state index in [4.69, 9.17) is 16.3 Å². The highest BCUT2D eigenvalue weighted by molar-refractivity contribution is 6.32. The minimum Gasteiger partial charge on any atom is -0.473 e. The van der Waals surface area contributed by atoms with Crippen molar-refractivity contribution in [1.29, 1.82) is 0 Å². The summed E-state index contributed by atoms with van der Waals surface area (Å²) in [5.74, 6) is 0.598. The third kappa shape index (κ3) is 3.37. The second kappa shape index (κ2) is 6.84. The average Bonchev–Trinajstić information content (AvgIpc) is 2.64. The summed E-state index contributed by atoms with van der Waals surface area (Å²) in [6, 6.07) is 6.15. The molecule has 0 N–H and O–H groups in total. The van der Waals surface area contributed by atoms with Crippen LogP contribution >= 0.6 is 11.6 Å². The molecule has 0 saturated carbocycles. The maximum atomic E-state index is 6.24. The molecule has 5 nitrogen and oxygen atoms in total. The molecular formula is C19H19ClN4O. The normalized spacial score (nSPS) is 15.5. The first kappa shape index (κ1) is 16.1. The van der Waals surface area contributed by atoms with E-state index < -0.39 is 0 Å². The van der Waals surface area contributed by atoms with Crippen molar-refractivity contribution in [3.63, 3.8) is 0 Å². The second-order valence-corrected chi connectivity index (χ2v) is 6.70. The fourth-order valence-electron chi connectivity index (χ4n) is 3.27. The van der Waals surface area contributed by atoms with E-state index in [-0.39, 0.29) is 6.10 Å². The van der Waals surface area contributed by atoms with Gasteiger partial charge in [-0.2, -0.15) is 0 Å². The molecule has 4 rings (SSSR count). The summed E-state index contributed by atoms with van der Waals surface area (Å²) in [6.45, 7) is 3.90. The van der Waals surface area contributed by atoms with Crippen LogP contribution in [0.3, 0.4) is 0 Å². The lowest BCUT2D eigenvalue weighted by molar-refractivity contribution is 0.163. The summed E-state index contributed by atoms with van der Waals surface area (Å²) < 4.78 is 5.93. The van der Waals surface area contributed by atoms with Crippen LogP contribution in [-0.2, 0) is 0 Å². The first-order valence-corrected chi connectivity index (χ1v) is 8.81. The third-order valence-corrected chi connectivity index (χ3v) is 5.02. The number of benzene rings is 1. The number of hydrogen-bond donors (Lipinski definition) is 0. The van der Waals surface area contributed by atoms with Crippen molar-refractivity contribution >= 4 is 28.2 Å². The molecule has 0 amide bonds. The van der Waals surface area contributed by atoms with Gasteiger partial charge in [-0.05, 0) is 30.7 Å². The molecule has 6 heteroatoms. The van der Waals surface area contributed by atoms with Gasteiger partial charge in [0.2, 0.25) is 5.88 Å². The van der Waals surface area contributed by atoms with Crippen molar-refractivity contribution < 1.29 is 4.74 Å². The van der Waals surface area contributed by atoms with E-state index in [1.165, 1.54) is 5.69 Å². The predicted octanol–water partition coefficient (Wildman–Crippen LogP) is 4.03. The number of pyridine rings is 1. The van der Waals surface area contributed by atoms with Crippen molar-refractivity contribution in [2.24, 2.45) is 0 Å². The molecule has 1 aromatic carbocycles. The number of anilines is 1. The van der Waals surface area contributed by atoms with Gasteiger partial charge in [-0.15, -0.1) is 0 Å². The molecule has 0 unspecified atom stereocenters. The minimum absolute atomic E-state index is 0.178. The van der Waals surface area contributed by atoms with Crippen molar-refractivity contribution in [3.05, 3.63) is 53.6 Å². The van der Waals surface area contributed by atoms with Gasteiger partial charge in [-0.1, -0.05) is 11.6 Å². The zero-order chi connectivity index (χ0) is 17.2. The SMILES string of the molecule is Cc1cc2c(N3CCC(Oc4cnccn4)CC3)ccnc2cc1Cl. The Morgan fingerprint density at radius 1 is 1.12 bits per heavy atom. The standard InChI is InChI=1S/C19H19ClN4O/c1-13-10-15-17(11-16(13)20)22-5-2-18(15)24-8-3-14(4-9-24)25-19-12-21-6-7-23-19/h2,5-7,10-12,14H,3-4,8-9H2,1H3. The van der Waals surface area contributed by atoms with E-state index in [1.807, 2.05) is 19.2 Å². The molecule has 1 fully saturated rings. The molecule has 0 aliphatic carbocycles. The summed E-state index contributed by atoms with van der Waals surface area (Å²) >= 11 is 6.24. The van der Waals surface area contributed by atoms with Gasteiger partial charge in [-0.3, -0.25) is 9.97 Å². The second-order valence-electron chi connectivity index (χ2n) is 6.30. The molecule has 0 radical (unpaired) electrons. The number of nitrogens with zero attached hydrogens (tertiary/aromatic N) is 4. The number of aromatic nitrogens is 3. The summed E-state index contributed by atoms with van der Waals surface area (Å²) in [4.78, 5) is 15.1. The fourth-order valence-corrected chi connectivity index (χ4v) is 3.43. The highest BCUT2D eigenvalue weighted by Gasteiger charge is 2.22. The molecule has 0 atom stereocenters. The topological polar surface area (TPSA) is 51.1 Å². The zero-order valence-corrected chi connectivity index (χ0v) is 14.8. The number of piperidine rings is 1. The van der Waals surface area contributed by atoms with Crippen LogP contribution < -0.4 is 9.64 Å². The molecule has 2 aromatic heterocycles. The lowest BCUT2D eigenvalue weighted by Gasteiger charge is -2.34. The summed E-state index contributed by atoms with van der Waals surface area (Å²) in [5, 5.41) is 1.91.